The van der Waals surface area contributed by atoms with Crippen LogP contribution >= 0.6 is 0 Å². The fraction of sp³-hybridized carbons (Fsp3) is 0.231. The number of rotatable bonds is 6. The van der Waals surface area contributed by atoms with Gasteiger partial charge in [0, 0.05) is 23.5 Å². The maximum Gasteiger partial charge on any atom is 0.115 e. The summed E-state index contributed by atoms with van der Waals surface area (Å²) >= 11 is 0. The van der Waals surface area contributed by atoms with Gasteiger partial charge in [-0.25, -0.2) is 9.97 Å². The highest BCUT2D eigenvalue weighted by Crippen LogP contribution is 2.56. The van der Waals surface area contributed by atoms with E-state index in [9.17, 15) is 0 Å². The SMILES string of the molecule is CC(C)(C)c1ccc(-c2c(-c3ccc(C(C)(C)C)cc3)c(-c3ccccc3)c(-c3cncnc3)c(-c3ccc(C(C)(C)C)cc3)c2-c2ccccc2)cc1. The first-order valence-electron chi connectivity index (χ1n) is 19.1. The van der Waals surface area contributed by atoms with Gasteiger partial charge < -0.3 is 0 Å². The summed E-state index contributed by atoms with van der Waals surface area (Å²) in [5, 5.41) is 0. The lowest BCUT2D eigenvalue weighted by molar-refractivity contribution is 0.590. The van der Waals surface area contributed by atoms with Crippen LogP contribution in [0.1, 0.15) is 79.0 Å². The van der Waals surface area contributed by atoms with Crippen LogP contribution < -0.4 is 0 Å². The van der Waals surface area contributed by atoms with Crippen LogP contribution in [0.25, 0.3) is 66.8 Å². The summed E-state index contributed by atoms with van der Waals surface area (Å²) in [6.07, 6.45) is 5.57. The highest BCUT2D eigenvalue weighted by molar-refractivity contribution is 6.15. The van der Waals surface area contributed by atoms with Gasteiger partial charge in [-0.15, -0.1) is 0 Å². The largest absolute Gasteiger partial charge is 0.244 e. The van der Waals surface area contributed by atoms with Gasteiger partial charge in [0.25, 0.3) is 0 Å². The average Bonchev–Trinajstić information content (AvgIpc) is 3.17. The summed E-state index contributed by atoms with van der Waals surface area (Å²) in [5.41, 5.74) is 17.8. The van der Waals surface area contributed by atoms with Crippen LogP contribution in [-0.4, -0.2) is 9.97 Å². The van der Waals surface area contributed by atoms with E-state index in [2.05, 4.69) is 206 Å². The van der Waals surface area contributed by atoms with Gasteiger partial charge in [-0.1, -0.05) is 196 Å². The molecule has 54 heavy (non-hydrogen) atoms. The van der Waals surface area contributed by atoms with E-state index in [1.54, 1.807) is 6.33 Å². The Hall–Kier alpha value is -5.60. The molecular formula is C52H52N2. The molecule has 0 spiro atoms. The molecule has 0 saturated heterocycles. The summed E-state index contributed by atoms with van der Waals surface area (Å²) in [6, 6.07) is 49.6. The molecule has 0 unspecified atom stereocenters. The third kappa shape index (κ3) is 7.31. The van der Waals surface area contributed by atoms with Crippen molar-refractivity contribution in [3.63, 3.8) is 0 Å². The van der Waals surface area contributed by atoms with Crippen LogP contribution in [0.5, 0.6) is 0 Å². The number of nitrogens with zero attached hydrogens (tertiary/aromatic N) is 2. The maximum absolute atomic E-state index is 4.62. The molecular weight excluding hydrogens is 653 g/mol. The quantitative estimate of drug-likeness (QED) is 0.172. The monoisotopic (exact) mass is 704 g/mol. The number of hydrogen-bond donors (Lipinski definition) is 0. The van der Waals surface area contributed by atoms with Crippen LogP contribution in [0.4, 0.5) is 0 Å². The van der Waals surface area contributed by atoms with Crippen molar-refractivity contribution in [1.82, 2.24) is 9.97 Å². The van der Waals surface area contributed by atoms with Gasteiger partial charge in [-0.05, 0) is 88.6 Å². The zero-order valence-corrected chi connectivity index (χ0v) is 33.3. The minimum atomic E-state index is 0.0229. The molecule has 7 rings (SSSR count). The summed E-state index contributed by atoms with van der Waals surface area (Å²) in [7, 11) is 0. The molecule has 1 heterocycles. The van der Waals surface area contributed by atoms with Crippen LogP contribution in [-0.2, 0) is 16.2 Å². The van der Waals surface area contributed by atoms with Crippen molar-refractivity contribution in [3.8, 4) is 66.8 Å². The summed E-state index contributed by atoms with van der Waals surface area (Å²) in [5.74, 6) is 0. The van der Waals surface area contributed by atoms with Crippen molar-refractivity contribution in [3.05, 3.63) is 169 Å². The Morgan fingerprint density at radius 2 is 0.519 bits per heavy atom. The third-order valence-electron chi connectivity index (χ3n) is 10.6. The molecule has 6 aromatic carbocycles. The fourth-order valence-electron chi connectivity index (χ4n) is 7.53. The first-order chi connectivity index (χ1) is 25.7. The van der Waals surface area contributed by atoms with Crippen LogP contribution in [0.3, 0.4) is 0 Å². The van der Waals surface area contributed by atoms with E-state index in [0.29, 0.717) is 0 Å². The molecule has 1 aromatic heterocycles. The molecule has 0 fully saturated rings. The Balaban J connectivity index is 1.75. The molecule has 0 amide bonds. The Morgan fingerprint density at radius 1 is 0.278 bits per heavy atom. The normalized spacial score (nSPS) is 12.2. The first-order valence-corrected chi connectivity index (χ1v) is 19.1. The Labute approximate surface area is 323 Å². The molecule has 2 heteroatoms. The van der Waals surface area contributed by atoms with Gasteiger partial charge in [0.1, 0.15) is 6.33 Å². The molecule has 2 nitrogen and oxygen atoms in total. The van der Waals surface area contributed by atoms with Gasteiger partial charge in [-0.3, -0.25) is 0 Å². The Bertz CT molecular complexity index is 2350. The molecule has 0 N–H and O–H groups in total. The summed E-state index contributed by atoms with van der Waals surface area (Å²) < 4.78 is 0. The zero-order chi connectivity index (χ0) is 38.3. The minimum absolute atomic E-state index is 0.0229. The smallest absolute Gasteiger partial charge is 0.115 e. The Kier molecular flexibility index (Phi) is 9.75. The Morgan fingerprint density at radius 3 is 0.778 bits per heavy atom. The highest BCUT2D eigenvalue weighted by Gasteiger charge is 2.30. The van der Waals surface area contributed by atoms with Gasteiger partial charge >= 0.3 is 0 Å². The minimum Gasteiger partial charge on any atom is -0.244 e. The molecule has 0 aliphatic rings. The zero-order valence-electron chi connectivity index (χ0n) is 33.3. The second-order valence-electron chi connectivity index (χ2n) is 17.6. The van der Waals surface area contributed by atoms with E-state index in [-0.39, 0.29) is 16.2 Å². The lowest BCUT2D eigenvalue weighted by Crippen LogP contribution is -2.11. The number of aromatic nitrogens is 2. The van der Waals surface area contributed by atoms with Crippen molar-refractivity contribution < 1.29 is 0 Å². The van der Waals surface area contributed by atoms with Crippen LogP contribution in [0.15, 0.2) is 152 Å². The second kappa shape index (κ2) is 14.3. The van der Waals surface area contributed by atoms with Crippen LogP contribution in [0.2, 0.25) is 0 Å². The lowest BCUT2D eigenvalue weighted by atomic mass is 9.73. The molecule has 0 saturated carbocycles. The van der Waals surface area contributed by atoms with Crippen LogP contribution in [0, 0.1) is 0 Å². The third-order valence-corrected chi connectivity index (χ3v) is 10.6. The number of benzene rings is 6. The van der Waals surface area contributed by atoms with E-state index in [4.69, 9.17) is 0 Å². The molecule has 0 radical (unpaired) electrons. The van der Waals surface area contributed by atoms with E-state index in [0.717, 1.165) is 27.8 Å². The lowest BCUT2D eigenvalue weighted by Gasteiger charge is -2.29. The standard InChI is InChI=1S/C52H52N2/c1-50(2,3)41-26-20-37(21-27-41)46-44(35-16-12-10-13-17-35)48(39-24-30-43(31-25-39)52(7,8)9)49(40-32-53-34-54-33-40)45(36-18-14-11-15-19-36)47(46)38-22-28-42(29-23-38)51(4,5)6/h10-34H,1-9H3. The van der Waals surface area contributed by atoms with Gasteiger partial charge in [0.05, 0.1) is 0 Å². The van der Waals surface area contributed by atoms with Gasteiger partial charge in [-0.2, -0.15) is 0 Å². The first kappa shape index (κ1) is 36.7. The van der Waals surface area contributed by atoms with E-state index in [1.807, 2.05) is 12.4 Å². The highest BCUT2D eigenvalue weighted by atomic mass is 14.8. The van der Waals surface area contributed by atoms with E-state index >= 15 is 0 Å². The summed E-state index contributed by atoms with van der Waals surface area (Å²) in [6.45, 7) is 20.5. The average molecular weight is 705 g/mol. The van der Waals surface area contributed by atoms with Crippen molar-refractivity contribution in [2.75, 3.05) is 0 Å². The van der Waals surface area contributed by atoms with Crippen molar-refractivity contribution in [1.29, 1.82) is 0 Å². The maximum atomic E-state index is 4.62. The summed E-state index contributed by atoms with van der Waals surface area (Å²) in [4.78, 5) is 9.25. The number of hydrogen-bond acceptors (Lipinski definition) is 2. The van der Waals surface area contributed by atoms with Crippen molar-refractivity contribution in [2.45, 2.75) is 78.6 Å². The van der Waals surface area contributed by atoms with E-state index < -0.39 is 0 Å². The topological polar surface area (TPSA) is 25.8 Å². The molecule has 0 atom stereocenters. The van der Waals surface area contributed by atoms with Crippen molar-refractivity contribution in [2.24, 2.45) is 0 Å². The predicted molar refractivity (Wildman–Crippen MR) is 231 cm³/mol. The predicted octanol–water partition coefficient (Wildman–Crippen LogP) is 14.4. The molecule has 0 aliphatic carbocycles. The molecule has 0 aliphatic heterocycles. The van der Waals surface area contributed by atoms with E-state index in [1.165, 1.54) is 55.6 Å². The van der Waals surface area contributed by atoms with Crippen molar-refractivity contribution >= 4 is 0 Å². The van der Waals surface area contributed by atoms with Gasteiger partial charge in [0.15, 0.2) is 0 Å². The second-order valence-corrected chi connectivity index (χ2v) is 17.6. The van der Waals surface area contributed by atoms with Gasteiger partial charge in [0.2, 0.25) is 0 Å². The fourth-order valence-corrected chi connectivity index (χ4v) is 7.53. The molecule has 7 aromatic rings. The molecule has 0 bridgehead atoms. The molecule has 270 valence electrons.